The van der Waals surface area contributed by atoms with Crippen LogP contribution in [0.4, 0.5) is 0 Å². The van der Waals surface area contributed by atoms with Gasteiger partial charge in [-0.1, -0.05) is 166 Å². The molecule has 4 aromatic rings. The number of benzene rings is 4. The van der Waals surface area contributed by atoms with E-state index in [9.17, 15) is 0 Å². The fraction of sp³-hybridized carbons (Fsp3) is 0.642. The Morgan fingerprint density at radius 1 is 0.320 bits per heavy atom. The van der Waals surface area contributed by atoms with Gasteiger partial charge in [0.05, 0.1) is 40.6 Å². The van der Waals surface area contributed by atoms with Crippen LogP contribution in [0.1, 0.15) is 225 Å². The van der Waals surface area contributed by atoms with E-state index in [1.54, 1.807) is 0 Å². The van der Waals surface area contributed by atoms with Gasteiger partial charge < -0.3 is 28.4 Å². The molecular formula is C67H104O6P2. The highest BCUT2D eigenvalue weighted by Crippen LogP contribution is 2.52. The molecule has 0 aliphatic carbocycles. The van der Waals surface area contributed by atoms with Crippen molar-refractivity contribution in [2.45, 2.75) is 241 Å². The summed E-state index contributed by atoms with van der Waals surface area (Å²) in [4.78, 5) is 0. The minimum absolute atomic E-state index is 0.185. The van der Waals surface area contributed by atoms with Crippen molar-refractivity contribution in [3.63, 3.8) is 0 Å². The summed E-state index contributed by atoms with van der Waals surface area (Å²) in [5.74, 6) is 3.09. The van der Waals surface area contributed by atoms with Crippen LogP contribution >= 0.6 is 15.8 Å². The molecule has 1 fully saturated rings. The third-order valence-electron chi connectivity index (χ3n) is 14.8. The van der Waals surface area contributed by atoms with Crippen LogP contribution in [0, 0.1) is 0 Å². The van der Waals surface area contributed by atoms with Crippen molar-refractivity contribution in [2.24, 2.45) is 0 Å². The van der Waals surface area contributed by atoms with Gasteiger partial charge in [0, 0.05) is 56.8 Å². The zero-order valence-corrected chi connectivity index (χ0v) is 54.8. The Kier molecular flexibility index (Phi) is 18.0. The summed E-state index contributed by atoms with van der Waals surface area (Å²) in [5, 5.41) is 5.28. The first kappa shape index (κ1) is 62.7. The first-order valence-corrected chi connectivity index (χ1v) is 30.7. The molecule has 1 saturated heterocycles. The molecule has 0 amide bonds. The van der Waals surface area contributed by atoms with Gasteiger partial charge in [-0.05, 0) is 143 Å². The van der Waals surface area contributed by atoms with Crippen LogP contribution in [0.2, 0.25) is 0 Å². The van der Waals surface area contributed by atoms with E-state index in [2.05, 4.69) is 229 Å². The average molecular weight is 1070 g/mol. The third-order valence-corrected chi connectivity index (χ3v) is 19.8. The number of hydrogen-bond acceptors (Lipinski definition) is 6. The molecule has 418 valence electrons. The first-order valence-electron chi connectivity index (χ1n) is 27.6. The molecular weight excluding hydrogens is 963 g/mol. The maximum atomic E-state index is 7.39. The van der Waals surface area contributed by atoms with Gasteiger partial charge in [0.25, 0.3) is 0 Å². The molecule has 1 aliphatic rings. The maximum absolute atomic E-state index is 7.39. The summed E-state index contributed by atoms with van der Waals surface area (Å²) < 4.78 is 40.4. The molecule has 2 atom stereocenters. The summed E-state index contributed by atoms with van der Waals surface area (Å²) >= 11 is 0. The van der Waals surface area contributed by atoms with E-state index in [1.807, 2.05) is 28.4 Å². The Bertz CT molecular complexity index is 2180. The molecule has 0 N–H and O–H groups in total. The predicted molar refractivity (Wildman–Crippen MR) is 328 cm³/mol. The van der Waals surface area contributed by atoms with Crippen LogP contribution in [-0.2, 0) is 52.8 Å². The Hall–Kier alpha value is -3.14. The Morgan fingerprint density at radius 2 is 0.467 bits per heavy atom. The van der Waals surface area contributed by atoms with Crippen LogP contribution in [-0.4, -0.2) is 58.8 Å². The monoisotopic (exact) mass is 1070 g/mol. The second-order valence-electron chi connectivity index (χ2n) is 30.2. The summed E-state index contributed by atoms with van der Waals surface area (Å²) in [6.45, 7) is 59.7. The molecule has 1 aliphatic heterocycles. The summed E-state index contributed by atoms with van der Waals surface area (Å²) in [5.41, 5.74) is 8.27. The third kappa shape index (κ3) is 14.0. The highest BCUT2D eigenvalue weighted by atomic mass is 31.1. The number of rotatable bonds is 12. The van der Waals surface area contributed by atoms with Crippen molar-refractivity contribution in [3.8, 4) is 23.0 Å². The molecule has 0 radical (unpaired) electrons. The fourth-order valence-electron chi connectivity index (χ4n) is 10.7. The molecule has 8 heteroatoms. The van der Waals surface area contributed by atoms with Crippen molar-refractivity contribution in [2.75, 3.05) is 40.8 Å². The minimum Gasteiger partial charge on any atom is -0.496 e. The molecule has 1 heterocycles. The van der Waals surface area contributed by atoms with Crippen LogP contribution in [0.25, 0.3) is 0 Å². The lowest BCUT2D eigenvalue weighted by molar-refractivity contribution is -0.142. The SMILES string of the molecule is COc1c(C(C)(C)C)cc(P(C[C@H]2OC(C)(C)O[C@@H]2CP(c2cc(C(C)(C)C)c(OC)c(C(C)(C)C)c2)c2cc(C(C)(C)C)c(OC)c(C(C)(C)C)c2)c2cc(C(C)(C)C)c(OC)c(C(C)(C)C)c2)cc1C(C)(C)C. The lowest BCUT2D eigenvalue weighted by Gasteiger charge is -2.35. The van der Waals surface area contributed by atoms with Crippen molar-refractivity contribution in [3.05, 3.63) is 93.0 Å². The van der Waals surface area contributed by atoms with Gasteiger partial charge in [0.2, 0.25) is 0 Å². The maximum Gasteiger partial charge on any atom is 0.163 e. The van der Waals surface area contributed by atoms with Gasteiger partial charge in [-0.25, -0.2) is 0 Å². The van der Waals surface area contributed by atoms with E-state index in [0.717, 1.165) is 35.3 Å². The molecule has 0 bridgehead atoms. The zero-order valence-electron chi connectivity index (χ0n) is 53.0. The van der Waals surface area contributed by atoms with E-state index in [4.69, 9.17) is 28.4 Å². The standard InChI is InChI=1S/C67H104O6P2/c1-59(2,3)45-31-41(32-46(55(45)68-27)60(4,5)6)74(42-33-47(61(7,8)9)56(69-28)48(34-42)62(10,11)12)39-53-54(73-67(25,26)72-53)40-75(43-35-49(63(13,14)15)57(70-29)50(36-43)64(16,17)18)44-37-51(65(19,20)21)58(71-30)52(38-44)66(22,23)24/h31-38,53-54H,39-40H2,1-30H3/t53-,54-/m1/s1. The lowest BCUT2D eigenvalue weighted by Crippen LogP contribution is -2.35. The van der Waals surface area contributed by atoms with E-state index in [0.29, 0.717) is 0 Å². The minimum atomic E-state index is -1.09. The molecule has 0 unspecified atom stereocenters. The van der Waals surface area contributed by atoms with Crippen molar-refractivity contribution < 1.29 is 28.4 Å². The zero-order chi connectivity index (χ0) is 57.4. The second-order valence-corrected chi connectivity index (χ2v) is 34.7. The Morgan fingerprint density at radius 3 is 0.587 bits per heavy atom. The lowest BCUT2D eigenvalue weighted by atomic mass is 9.79. The van der Waals surface area contributed by atoms with Gasteiger partial charge in [0.1, 0.15) is 23.0 Å². The number of ether oxygens (including phenoxy) is 6. The summed E-state index contributed by atoms with van der Waals surface area (Å²) in [6.07, 6.45) is 1.05. The number of methoxy groups -OCH3 is 4. The molecule has 0 spiro atoms. The van der Waals surface area contributed by atoms with Crippen LogP contribution < -0.4 is 40.2 Å². The molecule has 75 heavy (non-hydrogen) atoms. The Labute approximate surface area is 461 Å². The highest BCUT2D eigenvalue weighted by Gasteiger charge is 2.46. The quantitative estimate of drug-likeness (QED) is 0.132. The van der Waals surface area contributed by atoms with Gasteiger partial charge in [-0.15, -0.1) is 0 Å². The molecule has 6 nitrogen and oxygen atoms in total. The van der Waals surface area contributed by atoms with Crippen molar-refractivity contribution in [1.29, 1.82) is 0 Å². The smallest absolute Gasteiger partial charge is 0.163 e. The van der Waals surface area contributed by atoms with E-state index in [1.165, 1.54) is 65.7 Å². The first-order chi connectivity index (χ1) is 33.8. The fourth-order valence-corrected chi connectivity index (χ4v) is 15.8. The second kappa shape index (κ2) is 21.5. The number of hydrogen-bond donors (Lipinski definition) is 0. The van der Waals surface area contributed by atoms with Gasteiger partial charge in [-0.2, -0.15) is 0 Å². The molecule has 0 saturated carbocycles. The van der Waals surface area contributed by atoms with Crippen molar-refractivity contribution in [1.82, 2.24) is 0 Å². The largest absolute Gasteiger partial charge is 0.496 e. The van der Waals surface area contributed by atoms with Gasteiger partial charge in [0.15, 0.2) is 5.79 Å². The van der Waals surface area contributed by atoms with E-state index >= 15 is 0 Å². The molecule has 4 aromatic carbocycles. The van der Waals surface area contributed by atoms with E-state index < -0.39 is 21.6 Å². The average Bonchev–Trinajstić information content (AvgIpc) is 3.54. The van der Waals surface area contributed by atoms with Gasteiger partial charge >= 0.3 is 0 Å². The van der Waals surface area contributed by atoms with Crippen molar-refractivity contribution >= 4 is 37.1 Å². The van der Waals surface area contributed by atoms with E-state index in [-0.39, 0.29) is 55.5 Å². The van der Waals surface area contributed by atoms with Crippen LogP contribution in [0.3, 0.4) is 0 Å². The van der Waals surface area contributed by atoms with Gasteiger partial charge in [-0.3, -0.25) is 0 Å². The highest BCUT2D eigenvalue weighted by molar-refractivity contribution is 7.73. The van der Waals surface area contributed by atoms with Crippen LogP contribution in [0.5, 0.6) is 23.0 Å². The molecule has 0 aromatic heterocycles. The summed E-state index contributed by atoms with van der Waals surface area (Å²) in [6, 6.07) is 19.8. The van der Waals surface area contributed by atoms with Crippen LogP contribution in [0.15, 0.2) is 48.5 Å². The normalized spacial score (nSPS) is 17.3. The summed E-state index contributed by atoms with van der Waals surface area (Å²) in [7, 11) is 5.16. The topological polar surface area (TPSA) is 55.4 Å². The molecule has 5 rings (SSSR count). The predicted octanol–water partition coefficient (Wildman–Crippen LogP) is 16.2. The Balaban J connectivity index is 1.94.